The Morgan fingerprint density at radius 1 is 1.25 bits per heavy atom. The Morgan fingerprint density at radius 2 is 1.96 bits per heavy atom. The van der Waals surface area contributed by atoms with Gasteiger partial charge in [0.05, 0.1) is 18.2 Å². The summed E-state index contributed by atoms with van der Waals surface area (Å²) in [6.07, 6.45) is 0.886. The van der Waals surface area contributed by atoms with Gasteiger partial charge in [-0.2, -0.15) is 0 Å². The molecular formula is C19H24N2O3. The Labute approximate surface area is 142 Å². The highest BCUT2D eigenvalue weighted by Crippen LogP contribution is 2.23. The van der Waals surface area contributed by atoms with Crippen LogP contribution in [-0.2, 0) is 9.53 Å². The van der Waals surface area contributed by atoms with E-state index < -0.39 is 0 Å². The molecule has 1 amide bonds. The zero-order chi connectivity index (χ0) is 17.7. The molecule has 24 heavy (non-hydrogen) atoms. The Kier molecular flexibility index (Phi) is 5.90. The molecule has 0 aliphatic carbocycles. The lowest BCUT2D eigenvalue weighted by molar-refractivity contribution is -0.140. The summed E-state index contributed by atoms with van der Waals surface area (Å²) in [7, 11) is 3.12. The number of hydrogen-bond acceptors (Lipinski definition) is 4. The van der Waals surface area contributed by atoms with E-state index in [1.807, 2.05) is 30.3 Å². The molecule has 0 fully saturated rings. The number of rotatable bonds is 6. The van der Waals surface area contributed by atoms with E-state index in [9.17, 15) is 9.59 Å². The van der Waals surface area contributed by atoms with Gasteiger partial charge < -0.3 is 9.64 Å². The van der Waals surface area contributed by atoms with Crippen molar-refractivity contribution in [1.29, 1.82) is 0 Å². The zero-order valence-corrected chi connectivity index (χ0v) is 14.7. The molecule has 0 aliphatic rings. The summed E-state index contributed by atoms with van der Waals surface area (Å²) in [5.74, 6) is -0.0709. The van der Waals surface area contributed by atoms with Gasteiger partial charge in [0.1, 0.15) is 0 Å². The highest BCUT2D eigenvalue weighted by molar-refractivity contribution is 6.06. The van der Waals surface area contributed by atoms with Crippen molar-refractivity contribution < 1.29 is 14.3 Å². The van der Waals surface area contributed by atoms with E-state index in [2.05, 4.69) is 23.6 Å². The molecule has 1 heterocycles. The van der Waals surface area contributed by atoms with E-state index in [4.69, 9.17) is 0 Å². The van der Waals surface area contributed by atoms with Crippen molar-refractivity contribution in [1.82, 2.24) is 9.88 Å². The molecule has 0 aliphatic heterocycles. The molecule has 0 bridgehead atoms. The molecule has 2 rings (SSSR count). The van der Waals surface area contributed by atoms with E-state index in [1.54, 1.807) is 11.9 Å². The normalized spacial score (nSPS) is 10.9. The Bertz CT molecular complexity index is 740. The SMILES string of the molecule is COC(=O)CCCN(C)C(=O)c1cc(C(C)C)nc2ccccc12. The van der Waals surface area contributed by atoms with Crippen LogP contribution in [0.25, 0.3) is 10.9 Å². The molecule has 0 radical (unpaired) electrons. The van der Waals surface area contributed by atoms with Crippen molar-refractivity contribution in [2.75, 3.05) is 20.7 Å². The van der Waals surface area contributed by atoms with Gasteiger partial charge in [0.15, 0.2) is 0 Å². The standard InChI is InChI=1S/C19H24N2O3/c1-13(2)17-12-15(14-8-5-6-9-16(14)20-17)19(23)21(3)11-7-10-18(22)24-4/h5-6,8-9,12-13H,7,10-11H2,1-4H3. The number of benzene rings is 1. The van der Waals surface area contributed by atoms with Crippen LogP contribution in [-0.4, -0.2) is 42.5 Å². The van der Waals surface area contributed by atoms with E-state index in [-0.39, 0.29) is 17.8 Å². The van der Waals surface area contributed by atoms with Crippen LogP contribution in [0.2, 0.25) is 0 Å². The lowest BCUT2D eigenvalue weighted by atomic mass is 10.0. The van der Waals surface area contributed by atoms with Crippen molar-refractivity contribution in [3.63, 3.8) is 0 Å². The molecule has 1 aromatic carbocycles. The minimum absolute atomic E-state index is 0.0552. The number of ether oxygens (including phenoxy) is 1. The number of para-hydroxylation sites is 1. The predicted octanol–water partition coefficient (Wildman–Crippen LogP) is 3.38. The fourth-order valence-corrected chi connectivity index (χ4v) is 2.54. The van der Waals surface area contributed by atoms with Gasteiger partial charge in [-0.15, -0.1) is 0 Å². The summed E-state index contributed by atoms with van der Waals surface area (Å²) >= 11 is 0. The molecule has 0 unspecified atom stereocenters. The summed E-state index contributed by atoms with van der Waals surface area (Å²) in [6.45, 7) is 4.62. The van der Waals surface area contributed by atoms with Gasteiger partial charge in [-0.05, 0) is 24.5 Å². The third kappa shape index (κ3) is 4.10. The number of aromatic nitrogens is 1. The maximum absolute atomic E-state index is 12.9. The van der Waals surface area contributed by atoms with Gasteiger partial charge in [0, 0.05) is 31.1 Å². The maximum atomic E-state index is 12.9. The smallest absolute Gasteiger partial charge is 0.305 e. The van der Waals surface area contributed by atoms with Crippen LogP contribution in [0.15, 0.2) is 30.3 Å². The van der Waals surface area contributed by atoms with E-state index >= 15 is 0 Å². The first-order valence-electron chi connectivity index (χ1n) is 8.16. The Hall–Kier alpha value is -2.43. The third-order valence-electron chi connectivity index (χ3n) is 4.01. The van der Waals surface area contributed by atoms with Crippen molar-refractivity contribution in [2.24, 2.45) is 0 Å². The highest BCUT2D eigenvalue weighted by atomic mass is 16.5. The third-order valence-corrected chi connectivity index (χ3v) is 4.01. The van der Waals surface area contributed by atoms with E-state index in [1.165, 1.54) is 7.11 Å². The van der Waals surface area contributed by atoms with Crippen LogP contribution in [0.5, 0.6) is 0 Å². The molecule has 0 N–H and O–H groups in total. The first-order valence-corrected chi connectivity index (χ1v) is 8.16. The van der Waals surface area contributed by atoms with Crippen LogP contribution in [0.3, 0.4) is 0 Å². The number of esters is 1. The minimum atomic E-state index is -0.257. The van der Waals surface area contributed by atoms with Crippen molar-refractivity contribution >= 4 is 22.8 Å². The molecule has 0 saturated carbocycles. The Balaban J connectivity index is 2.26. The number of fused-ring (bicyclic) bond motifs is 1. The lowest BCUT2D eigenvalue weighted by Crippen LogP contribution is -2.28. The average molecular weight is 328 g/mol. The summed E-state index contributed by atoms with van der Waals surface area (Å²) < 4.78 is 4.63. The fourth-order valence-electron chi connectivity index (χ4n) is 2.54. The van der Waals surface area contributed by atoms with Crippen LogP contribution in [0, 0.1) is 0 Å². The van der Waals surface area contributed by atoms with Gasteiger partial charge in [-0.25, -0.2) is 0 Å². The maximum Gasteiger partial charge on any atom is 0.305 e. The molecule has 0 saturated heterocycles. The zero-order valence-electron chi connectivity index (χ0n) is 14.7. The van der Waals surface area contributed by atoms with Gasteiger partial charge in [0.2, 0.25) is 0 Å². The number of hydrogen-bond donors (Lipinski definition) is 0. The molecule has 2 aromatic rings. The Morgan fingerprint density at radius 3 is 2.62 bits per heavy atom. The second-order valence-corrected chi connectivity index (χ2v) is 6.17. The molecule has 1 aromatic heterocycles. The van der Waals surface area contributed by atoms with Gasteiger partial charge in [-0.1, -0.05) is 32.0 Å². The average Bonchev–Trinajstić information content (AvgIpc) is 2.59. The number of nitrogens with zero attached hydrogens (tertiary/aromatic N) is 2. The monoisotopic (exact) mass is 328 g/mol. The van der Waals surface area contributed by atoms with Crippen LogP contribution in [0.4, 0.5) is 0 Å². The molecule has 5 heteroatoms. The molecule has 0 spiro atoms. The van der Waals surface area contributed by atoms with Gasteiger partial charge in [0.25, 0.3) is 5.91 Å². The van der Waals surface area contributed by atoms with Gasteiger partial charge >= 0.3 is 5.97 Å². The quantitative estimate of drug-likeness (QED) is 0.763. The second kappa shape index (κ2) is 7.90. The fraction of sp³-hybridized carbons (Fsp3) is 0.421. The first-order chi connectivity index (χ1) is 11.4. The van der Waals surface area contributed by atoms with Gasteiger partial charge in [-0.3, -0.25) is 14.6 Å². The molecule has 0 atom stereocenters. The van der Waals surface area contributed by atoms with Crippen LogP contribution in [0.1, 0.15) is 48.7 Å². The number of carbonyl (C=O) groups is 2. The largest absolute Gasteiger partial charge is 0.469 e. The lowest BCUT2D eigenvalue weighted by Gasteiger charge is -2.19. The predicted molar refractivity (Wildman–Crippen MR) is 94.0 cm³/mol. The summed E-state index contributed by atoms with van der Waals surface area (Å²) in [4.78, 5) is 30.3. The summed E-state index contributed by atoms with van der Waals surface area (Å²) in [5, 5.41) is 0.853. The number of carbonyl (C=O) groups excluding carboxylic acids is 2. The van der Waals surface area contributed by atoms with Crippen LogP contribution >= 0.6 is 0 Å². The van der Waals surface area contributed by atoms with Crippen molar-refractivity contribution in [3.05, 3.63) is 41.6 Å². The summed E-state index contributed by atoms with van der Waals surface area (Å²) in [6, 6.07) is 9.56. The number of pyridine rings is 1. The second-order valence-electron chi connectivity index (χ2n) is 6.17. The minimum Gasteiger partial charge on any atom is -0.469 e. The van der Waals surface area contributed by atoms with Crippen LogP contribution < -0.4 is 0 Å². The molecule has 128 valence electrons. The number of amides is 1. The summed E-state index contributed by atoms with van der Waals surface area (Å²) in [5.41, 5.74) is 2.39. The van der Waals surface area contributed by atoms with Crippen molar-refractivity contribution in [2.45, 2.75) is 32.6 Å². The first kappa shape index (κ1) is 17.9. The van der Waals surface area contributed by atoms with Crippen molar-refractivity contribution in [3.8, 4) is 0 Å². The van der Waals surface area contributed by atoms with E-state index in [0.717, 1.165) is 16.6 Å². The molecule has 5 nitrogen and oxygen atoms in total. The number of methoxy groups -OCH3 is 1. The topological polar surface area (TPSA) is 59.5 Å². The highest BCUT2D eigenvalue weighted by Gasteiger charge is 2.17. The molecular weight excluding hydrogens is 304 g/mol. The van der Waals surface area contributed by atoms with E-state index in [0.29, 0.717) is 24.9 Å².